The second kappa shape index (κ2) is 10.8. The van der Waals surface area contributed by atoms with E-state index in [4.69, 9.17) is 9.72 Å². The van der Waals surface area contributed by atoms with Crippen molar-refractivity contribution in [3.8, 4) is 11.3 Å². The Labute approximate surface area is 237 Å². The van der Waals surface area contributed by atoms with Crippen LogP contribution in [-0.2, 0) is 11.2 Å². The fourth-order valence-electron chi connectivity index (χ4n) is 6.41. The van der Waals surface area contributed by atoms with Gasteiger partial charge in [0.15, 0.2) is 0 Å². The van der Waals surface area contributed by atoms with Gasteiger partial charge in [-0.2, -0.15) is 0 Å². The molecule has 4 aromatic rings. The predicted octanol–water partition coefficient (Wildman–Crippen LogP) is 4.15. The molecule has 2 fully saturated rings. The van der Waals surface area contributed by atoms with E-state index in [1.54, 1.807) is 30.6 Å². The number of aromatic amines is 1. The summed E-state index contributed by atoms with van der Waals surface area (Å²) in [5, 5.41) is 13.5. The number of benzene rings is 1. The number of hydrogen-bond donors (Lipinski definition) is 3. The van der Waals surface area contributed by atoms with Gasteiger partial charge in [-0.1, -0.05) is 0 Å². The topological polar surface area (TPSA) is 107 Å². The SMILES string of the molecule is O=c1[nH]ccc2nc(-c3cc4c(cc3F)C(N3CCOCC3)CC4)cc(Nc3ccc(N4CCC(O)CC4)cn3)c12. The Kier molecular flexibility index (Phi) is 6.90. The number of piperidine rings is 1. The second-order valence-electron chi connectivity index (χ2n) is 11.1. The summed E-state index contributed by atoms with van der Waals surface area (Å²) in [5.41, 5.74) is 4.77. The van der Waals surface area contributed by atoms with Crippen LogP contribution in [0.2, 0.25) is 0 Å². The molecule has 5 heterocycles. The molecule has 212 valence electrons. The Morgan fingerprint density at radius 1 is 1.05 bits per heavy atom. The zero-order chi connectivity index (χ0) is 27.9. The van der Waals surface area contributed by atoms with Gasteiger partial charge in [0, 0.05) is 44.0 Å². The predicted molar refractivity (Wildman–Crippen MR) is 156 cm³/mol. The third-order valence-corrected chi connectivity index (χ3v) is 8.61. The first-order valence-electron chi connectivity index (χ1n) is 14.4. The third-order valence-electron chi connectivity index (χ3n) is 8.61. The van der Waals surface area contributed by atoms with Crippen molar-refractivity contribution in [2.45, 2.75) is 37.8 Å². The van der Waals surface area contributed by atoms with E-state index in [2.05, 4.69) is 25.1 Å². The molecule has 1 unspecified atom stereocenters. The monoisotopic (exact) mass is 556 g/mol. The number of fused-ring (bicyclic) bond motifs is 2. The lowest BCUT2D eigenvalue weighted by Gasteiger charge is -2.32. The highest BCUT2D eigenvalue weighted by Gasteiger charge is 2.30. The van der Waals surface area contributed by atoms with Crippen LogP contribution in [0.4, 0.5) is 21.6 Å². The smallest absolute Gasteiger partial charge is 0.259 e. The second-order valence-corrected chi connectivity index (χ2v) is 11.1. The zero-order valence-corrected chi connectivity index (χ0v) is 22.8. The molecule has 3 N–H and O–H groups in total. The fraction of sp³-hybridized carbons (Fsp3) is 0.387. The van der Waals surface area contributed by atoms with Gasteiger partial charge < -0.3 is 25.0 Å². The summed E-state index contributed by atoms with van der Waals surface area (Å²) in [7, 11) is 0. The van der Waals surface area contributed by atoms with E-state index in [1.165, 1.54) is 0 Å². The van der Waals surface area contributed by atoms with E-state index in [9.17, 15) is 9.90 Å². The molecule has 0 saturated carbocycles. The van der Waals surface area contributed by atoms with E-state index < -0.39 is 0 Å². The highest BCUT2D eigenvalue weighted by molar-refractivity contribution is 5.94. The van der Waals surface area contributed by atoms with E-state index in [-0.39, 0.29) is 23.5 Å². The van der Waals surface area contributed by atoms with E-state index in [0.29, 0.717) is 46.9 Å². The lowest BCUT2D eigenvalue weighted by molar-refractivity contribution is 0.0164. The first kappa shape index (κ1) is 26.1. The number of aryl methyl sites for hydroxylation is 1. The quantitative estimate of drug-likeness (QED) is 0.337. The lowest BCUT2D eigenvalue weighted by Crippen LogP contribution is -2.38. The Bertz CT molecular complexity index is 1630. The highest BCUT2D eigenvalue weighted by Crippen LogP contribution is 2.40. The summed E-state index contributed by atoms with van der Waals surface area (Å²) in [6, 6.07) is 11.1. The molecular formula is C31H33FN6O3. The van der Waals surface area contributed by atoms with Gasteiger partial charge in [0.25, 0.3) is 5.56 Å². The van der Waals surface area contributed by atoms with Gasteiger partial charge in [-0.25, -0.2) is 14.4 Å². The van der Waals surface area contributed by atoms with Crippen LogP contribution >= 0.6 is 0 Å². The van der Waals surface area contributed by atoms with Crippen molar-refractivity contribution >= 4 is 28.1 Å². The Balaban J connectivity index is 1.22. The summed E-state index contributed by atoms with van der Waals surface area (Å²) < 4.78 is 21.3. The van der Waals surface area contributed by atoms with Crippen molar-refractivity contribution in [2.75, 3.05) is 49.6 Å². The van der Waals surface area contributed by atoms with Crippen LogP contribution in [-0.4, -0.2) is 70.5 Å². The van der Waals surface area contributed by atoms with Gasteiger partial charge in [0.2, 0.25) is 0 Å². The Morgan fingerprint density at radius 2 is 1.88 bits per heavy atom. The first-order valence-corrected chi connectivity index (χ1v) is 14.4. The van der Waals surface area contributed by atoms with Gasteiger partial charge in [-0.05, 0) is 73.2 Å². The number of morpholine rings is 1. The van der Waals surface area contributed by atoms with Crippen LogP contribution in [0.1, 0.15) is 36.4 Å². The third kappa shape index (κ3) is 5.07. The molecule has 1 atom stereocenters. The first-order chi connectivity index (χ1) is 20.0. The molecule has 1 aromatic carbocycles. The van der Waals surface area contributed by atoms with Gasteiger partial charge in [0.05, 0.1) is 53.5 Å². The average molecular weight is 557 g/mol. The number of H-pyrrole nitrogens is 1. The molecule has 3 aromatic heterocycles. The molecule has 0 spiro atoms. The van der Waals surface area contributed by atoms with E-state index in [0.717, 1.165) is 68.7 Å². The molecule has 0 radical (unpaired) electrons. The fourth-order valence-corrected chi connectivity index (χ4v) is 6.41. The van der Waals surface area contributed by atoms with Gasteiger partial charge in [-0.15, -0.1) is 0 Å². The maximum absolute atomic E-state index is 15.8. The molecule has 10 heteroatoms. The standard InChI is InChI=1S/C31H33FN6O3/c32-24-16-22-19(1-3-28(22)38-11-13-41-14-12-38)15-23(24)26-17-27(30-25(35-26)5-8-33-31(30)40)36-29-4-2-20(18-34-29)37-9-6-21(39)7-10-37/h2,4-5,8,15-18,21,28,39H,1,3,6-7,9-14H2,(H,33,40)(H,34,35,36). The van der Waals surface area contributed by atoms with Gasteiger partial charge >= 0.3 is 0 Å². The molecule has 1 aliphatic carbocycles. The van der Waals surface area contributed by atoms with Crippen LogP contribution in [0.15, 0.2) is 53.6 Å². The molecule has 2 saturated heterocycles. The maximum Gasteiger partial charge on any atom is 0.259 e. The molecule has 0 bridgehead atoms. The van der Waals surface area contributed by atoms with Crippen molar-refractivity contribution in [2.24, 2.45) is 0 Å². The summed E-state index contributed by atoms with van der Waals surface area (Å²) >= 11 is 0. The number of aliphatic hydroxyl groups is 1. The van der Waals surface area contributed by atoms with Crippen molar-refractivity contribution in [1.29, 1.82) is 0 Å². The highest BCUT2D eigenvalue weighted by atomic mass is 19.1. The summed E-state index contributed by atoms with van der Waals surface area (Å²) in [4.78, 5) is 29.5. The largest absolute Gasteiger partial charge is 0.393 e. The van der Waals surface area contributed by atoms with Crippen LogP contribution in [0.5, 0.6) is 0 Å². The molecule has 41 heavy (non-hydrogen) atoms. The summed E-state index contributed by atoms with van der Waals surface area (Å²) in [6.45, 7) is 4.70. The Morgan fingerprint density at radius 3 is 2.66 bits per heavy atom. The van der Waals surface area contributed by atoms with Gasteiger partial charge in [0.1, 0.15) is 11.6 Å². The lowest BCUT2D eigenvalue weighted by atomic mass is 10.00. The number of halogens is 1. The molecule has 0 amide bonds. The molecular weight excluding hydrogens is 523 g/mol. The molecule has 2 aliphatic heterocycles. The van der Waals surface area contributed by atoms with Crippen LogP contribution < -0.4 is 15.8 Å². The number of anilines is 3. The number of nitrogens with one attached hydrogen (secondary N) is 2. The van der Waals surface area contributed by atoms with Crippen LogP contribution in [0.25, 0.3) is 22.2 Å². The van der Waals surface area contributed by atoms with Crippen LogP contribution in [0.3, 0.4) is 0 Å². The number of nitrogens with zero attached hydrogens (tertiary/aromatic N) is 4. The number of rotatable bonds is 5. The molecule has 3 aliphatic rings. The van der Waals surface area contributed by atoms with Gasteiger partial charge in [-0.3, -0.25) is 9.69 Å². The van der Waals surface area contributed by atoms with Crippen molar-refractivity contribution in [3.05, 3.63) is 76.1 Å². The molecule has 9 nitrogen and oxygen atoms in total. The minimum Gasteiger partial charge on any atom is -0.393 e. The number of ether oxygens (including phenoxy) is 1. The molecule has 7 rings (SSSR count). The number of hydrogen-bond acceptors (Lipinski definition) is 8. The minimum atomic E-state index is -0.319. The maximum atomic E-state index is 15.8. The summed E-state index contributed by atoms with van der Waals surface area (Å²) in [6.07, 6.45) is 6.43. The number of pyridine rings is 3. The van der Waals surface area contributed by atoms with E-state index in [1.807, 2.05) is 18.2 Å². The summed E-state index contributed by atoms with van der Waals surface area (Å²) in [5.74, 6) is 0.246. The Hall–Kier alpha value is -3.86. The minimum absolute atomic E-state index is 0.210. The average Bonchev–Trinajstić information content (AvgIpc) is 3.40. The zero-order valence-electron chi connectivity index (χ0n) is 22.8. The number of aliphatic hydroxyl groups excluding tert-OH is 1. The normalized spacial score (nSPS) is 20.0. The van der Waals surface area contributed by atoms with Crippen molar-refractivity contribution in [1.82, 2.24) is 19.9 Å². The van der Waals surface area contributed by atoms with Crippen LogP contribution in [0, 0.1) is 5.82 Å². The van der Waals surface area contributed by atoms with E-state index >= 15 is 4.39 Å². The van der Waals surface area contributed by atoms with Crippen molar-refractivity contribution < 1.29 is 14.2 Å². The van der Waals surface area contributed by atoms with Crippen molar-refractivity contribution in [3.63, 3.8) is 0 Å². The number of aromatic nitrogens is 3.